The fourth-order valence-corrected chi connectivity index (χ4v) is 1.14. The van der Waals surface area contributed by atoms with Gasteiger partial charge in [0.2, 0.25) is 0 Å². The lowest BCUT2D eigenvalue weighted by molar-refractivity contribution is 0.0949. The Morgan fingerprint density at radius 3 is 2.65 bits per heavy atom. The maximum absolute atomic E-state index is 11.7. The van der Waals surface area contributed by atoms with Crippen LogP contribution in [0.25, 0.3) is 0 Å². The lowest BCUT2D eigenvalue weighted by atomic mass is 10.1. The van der Waals surface area contributed by atoms with Gasteiger partial charge in [0.15, 0.2) is 0 Å². The van der Waals surface area contributed by atoms with Gasteiger partial charge in [-0.3, -0.25) is 9.78 Å². The van der Waals surface area contributed by atoms with Crippen LogP contribution in [0.2, 0.25) is 0 Å². The van der Waals surface area contributed by atoms with Crippen LogP contribution < -0.4 is 10.6 Å². The average molecular weight is 280 g/mol. The summed E-state index contributed by atoms with van der Waals surface area (Å²) < 4.78 is 0. The molecule has 1 aromatic heterocycles. The van der Waals surface area contributed by atoms with E-state index in [1.54, 1.807) is 12.4 Å². The van der Waals surface area contributed by atoms with Gasteiger partial charge in [0.05, 0.1) is 5.56 Å². The highest BCUT2D eigenvalue weighted by Gasteiger charge is 2.08. The molecular formula is C11H19Cl2N3O. The van der Waals surface area contributed by atoms with Gasteiger partial charge in [-0.15, -0.1) is 24.8 Å². The lowest BCUT2D eigenvalue weighted by Gasteiger charge is -2.11. The zero-order chi connectivity index (χ0) is 11.3. The minimum absolute atomic E-state index is 0. The number of pyridine rings is 1. The number of carbonyl (C=O) groups excluding carboxylic acids is 1. The van der Waals surface area contributed by atoms with Crippen molar-refractivity contribution < 1.29 is 4.79 Å². The molecule has 6 heteroatoms. The Bertz CT molecular complexity index is 347. The Morgan fingerprint density at radius 1 is 1.47 bits per heavy atom. The first-order valence-electron chi connectivity index (χ1n) is 5.01. The third kappa shape index (κ3) is 5.86. The number of carbonyl (C=O) groups is 1. The summed E-state index contributed by atoms with van der Waals surface area (Å²) in [5.41, 5.74) is 1.58. The molecule has 1 amide bonds. The van der Waals surface area contributed by atoms with E-state index < -0.39 is 0 Å². The summed E-state index contributed by atoms with van der Waals surface area (Å²) >= 11 is 0. The quantitative estimate of drug-likeness (QED) is 0.880. The van der Waals surface area contributed by atoms with Gasteiger partial charge < -0.3 is 10.6 Å². The van der Waals surface area contributed by atoms with Gasteiger partial charge in [-0.2, -0.15) is 0 Å². The van der Waals surface area contributed by atoms with Crippen LogP contribution in [-0.4, -0.2) is 30.5 Å². The number of rotatable bonds is 4. The van der Waals surface area contributed by atoms with Gasteiger partial charge in [-0.25, -0.2) is 0 Å². The standard InChI is InChI=1S/C11H17N3O.2ClH/c1-8-4-5-13-7-10(8)11(15)14-6-9(2)12-3;;/h4-5,7,9,12H,6H2,1-3H3,(H,14,15);2*1H. The molecule has 98 valence electrons. The van der Waals surface area contributed by atoms with E-state index in [1.165, 1.54) is 0 Å². The fraction of sp³-hybridized carbons (Fsp3) is 0.455. The molecular weight excluding hydrogens is 261 g/mol. The van der Waals surface area contributed by atoms with Crippen LogP contribution in [-0.2, 0) is 0 Å². The molecule has 0 bridgehead atoms. The summed E-state index contributed by atoms with van der Waals surface area (Å²) in [6.07, 6.45) is 3.27. The van der Waals surface area contributed by atoms with Crippen LogP contribution in [0.5, 0.6) is 0 Å². The third-order valence-corrected chi connectivity index (χ3v) is 2.35. The molecule has 0 spiro atoms. The SMILES string of the molecule is CNC(C)CNC(=O)c1cnccc1C.Cl.Cl. The molecule has 0 aliphatic carbocycles. The Morgan fingerprint density at radius 2 is 2.12 bits per heavy atom. The van der Waals surface area contributed by atoms with Crippen molar-refractivity contribution in [1.29, 1.82) is 0 Å². The second-order valence-electron chi connectivity index (χ2n) is 3.59. The van der Waals surface area contributed by atoms with Crippen molar-refractivity contribution in [2.75, 3.05) is 13.6 Å². The monoisotopic (exact) mass is 279 g/mol. The summed E-state index contributed by atoms with van der Waals surface area (Å²) in [5.74, 6) is -0.0669. The molecule has 0 saturated heterocycles. The predicted octanol–water partition coefficient (Wildman–Crippen LogP) is 1.57. The summed E-state index contributed by atoms with van der Waals surface area (Å²) in [6, 6.07) is 2.10. The average Bonchev–Trinajstić information content (AvgIpc) is 2.26. The van der Waals surface area contributed by atoms with E-state index in [2.05, 4.69) is 15.6 Å². The van der Waals surface area contributed by atoms with Crippen molar-refractivity contribution in [3.05, 3.63) is 29.6 Å². The molecule has 4 nitrogen and oxygen atoms in total. The minimum Gasteiger partial charge on any atom is -0.350 e. The number of hydrogen-bond acceptors (Lipinski definition) is 3. The van der Waals surface area contributed by atoms with Crippen LogP contribution in [0.3, 0.4) is 0 Å². The van der Waals surface area contributed by atoms with Crippen molar-refractivity contribution in [2.45, 2.75) is 19.9 Å². The molecule has 0 saturated carbocycles. The molecule has 0 radical (unpaired) electrons. The summed E-state index contributed by atoms with van der Waals surface area (Å²) in [4.78, 5) is 15.6. The zero-order valence-electron chi connectivity index (χ0n) is 10.2. The van der Waals surface area contributed by atoms with E-state index >= 15 is 0 Å². The largest absolute Gasteiger partial charge is 0.350 e. The molecule has 1 atom stereocenters. The summed E-state index contributed by atoms with van der Waals surface area (Å²) in [6.45, 7) is 4.53. The molecule has 0 aromatic carbocycles. The number of aromatic nitrogens is 1. The van der Waals surface area contributed by atoms with Crippen molar-refractivity contribution in [3.63, 3.8) is 0 Å². The third-order valence-electron chi connectivity index (χ3n) is 2.35. The molecule has 0 aliphatic heterocycles. The Balaban J connectivity index is 0. The topological polar surface area (TPSA) is 54.0 Å². The second-order valence-corrected chi connectivity index (χ2v) is 3.59. The zero-order valence-corrected chi connectivity index (χ0v) is 11.8. The Hall–Kier alpha value is -0.840. The second kappa shape index (κ2) is 9.22. The lowest BCUT2D eigenvalue weighted by Crippen LogP contribution is -2.37. The molecule has 0 aliphatic rings. The number of amides is 1. The Kier molecular flexibility index (Phi) is 10.0. The smallest absolute Gasteiger partial charge is 0.253 e. The first kappa shape index (κ1) is 18.5. The summed E-state index contributed by atoms with van der Waals surface area (Å²) in [7, 11) is 1.87. The molecule has 17 heavy (non-hydrogen) atoms. The van der Waals surface area contributed by atoms with E-state index in [-0.39, 0.29) is 36.8 Å². The van der Waals surface area contributed by atoms with Gasteiger partial charge in [-0.1, -0.05) is 0 Å². The van der Waals surface area contributed by atoms with Gasteiger partial charge in [0, 0.05) is 25.0 Å². The van der Waals surface area contributed by atoms with Crippen LogP contribution in [0.4, 0.5) is 0 Å². The number of nitrogens with zero attached hydrogens (tertiary/aromatic N) is 1. The number of aryl methyl sites for hydroxylation is 1. The highest BCUT2D eigenvalue weighted by molar-refractivity contribution is 5.95. The molecule has 0 fully saturated rings. The van der Waals surface area contributed by atoms with E-state index in [0.717, 1.165) is 5.56 Å². The first-order valence-corrected chi connectivity index (χ1v) is 5.01. The van der Waals surface area contributed by atoms with Crippen molar-refractivity contribution in [1.82, 2.24) is 15.6 Å². The maximum atomic E-state index is 11.7. The Labute approximate surface area is 114 Å². The highest BCUT2D eigenvalue weighted by atomic mass is 35.5. The fourth-order valence-electron chi connectivity index (χ4n) is 1.14. The predicted molar refractivity (Wildman–Crippen MR) is 74.3 cm³/mol. The maximum Gasteiger partial charge on any atom is 0.253 e. The molecule has 1 heterocycles. The molecule has 2 N–H and O–H groups in total. The van der Waals surface area contributed by atoms with Crippen LogP contribution >= 0.6 is 24.8 Å². The molecule has 1 unspecified atom stereocenters. The van der Waals surface area contributed by atoms with Crippen LogP contribution in [0, 0.1) is 6.92 Å². The van der Waals surface area contributed by atoms with E-state index in [1.807, 2.05) is 27.0 Å². The van der Waals surface area contributed by atoms with E-state index in [0.29, 0.717) is 12.1 Å². The summed E-state index contributed by atoms with van der Waals surface area (Å²) in [5, 5.41) is 5.91. The van der Waals surface area contributed by atoms with Crippen molar-refractivity contribution in [3.8, 4) is 0 Å². The highest BCUT2D eigenvalue weighted by Crippen LogP contribution is 2.03. The number of nitrogens with one attached hydrogen (secondary N) is 2. The van der Waals surface area contributed by atoms with E-state index in [4.69, 9.17) is 0 Å². The number of hydrogen-bond donors (Lipinski definition) is 2. The van der Waals surface area contributed by atoms with Crippen molar-refractivity contribution >= 4 is 30.7 Å². The van der Waals surface area contributed by atoms with Gasteiger partial charge in [-0.05, 0) is 32.5 Å². The van der Waals surface area contributed by atoms with Crippen LogP contribution in [0.1, 0.15) is 22.8 Å². The normalized spacial score (nSPS) is 10.8. The van der Waals surface area contributed by atoms with Gasteiger partial charge in [0.1, 0.15) is 0 Å². The van der Waals surface area contributed by atoms with Gasteiger partial charge in [0.25, 0.3) is 5.91 Å². The van der Waals surface area contributed by atoms with Gasteiger partial charge >= 0.3 is 0 Å². The number of halogens is 2. The van der Waals surface area contributed by atoms with E-state index in [9.17, 15) is 4.79 Å². The van der Waals surface area contributed by atoms with Crippen molar-refractivity contribution in [2.24, 2.45) is 0 Å². The number of likely N-dealkylation sites (N-methyl/N-ethyl adjacent to an activating group) is 1. The van der Waals surface area contributed by atoms with Crippen LogP contribution in [0.15, 0.2) is 18.5 Å². The first-order chi connectivity index (χ1) is 7.15. The molecule has 1 rings (SSSR count). The minimum atomic E-state index is -0.0669. The molecule has 1 aromatic rings.